The predicted octanol–water partition coefficient (Wildman–Crippen LogP) is 7.93. The number of rotatable bonds is 7. The molecule has 39 heavy (non-hydrogen) atoms. The summed E-state index contributed by atoms with van der Waals surface area (Å²) in [7, 11) is 0. The standard InChI is InChI=1S/C26H17Cl2F3N2O6/c1-12-23(37-15-4-7-19(28)22(11-15)36-13(2)25(34)35)18-10-16(38-26(29,30)31)5-8-20(18)33(12)24-17-6-3-14(27)9-21(17)39-32-24/h3-11,13H,1-2H3,(H,34,35)/t13-/m1/s1. The molecule has 0 saturated heterocycles. The molecule has 5 aromatic rings. The van der Waals surface area contributed by atoms with Crippen molar-refractivity contribution in [1.29, 1.82) is 0 Å². The molecular weight excluding hydrogens is 564 g/mol. The fraction of sp³-hybridized carbons (Fsp3) is 0.154. The van der Waals surface area contributed by atoms with Crippen LogP contribution in [0, 0.1) is 6.92 Å². The molecule has 0 aliphatic rings. The molecule has 0 fully saturated rings. The maximum Gasteiger partial charge on any atom is 0.573 e. The third kappa shape index (κ3) is 5.27. The van der Waals surface area contributed by atoms with Crippen LogP contribution in [0.3, 0.4) is 0 Å². The van der Waals surface area contributed by atoms with Crippen molar-refractivity contribution >= 4 is 51.0 Å². The molecule has 1 N–H and O–H groups in total. The highest BCUT2D eigenvalue weighted by Crippen LogP contribution is 2.42. The summed E-state index contributed by atoms with van der Waals surface area (Å²) in [5.41, 5.74) is 1.33. The fourth-order valence-electron chi connectivity index (χ4n) is 4.02. The van der Waals surface area contributed by atoms with Gasteiger partial charge in [0.15, 0.2) is 23.3 Å². The van der Waals surface area contributed by atoms with Crippen LogP contribution in [0.15, 0.2) is 59.1 Å². The van der Waals surface area contributed by atoms with E-state index in [4.69, 9.17) is 42.3 Å². The van der Waals surface area contributed by atoms with Crippen molar-refractivity contribution in [1.82, 2.24) is 9.72 Å². The molecule has 5 rings (SSSR count). The van der Waals surface area contributed by atoms with Crippen molar-refractivity contribution in [3.8, 4) is 28.8 Å². The van der Waals surface area contributed by atoms with Gasteiger partial charge in [0, 0.05) is 22.5 Å². The highest BCUT2D eigenvalue weighted by atomic mass is 35.5. The molecule has 0 aliphatic heterocycles. The Bertz CT molecular complexity index is 1730. The third-order valence-electron chi connectivity index (χ3n) is 5.75. The minimum atomic E-state index is -4.91. The van der Waals surface area contributed by atoms with E-state index in [1.165, 1.54) is 43.3 Å². The van der Waals surface area contributed by atoms with E-state index >= 15 is 0 Å². The van der Waals surface area contributed by atoms with E-state index in [1.807, 2.05) is 0 Å². The van der Waals surface area contributed by atoms with Crippen molar-refractivity contribution in [3.63, 3.8) is 0 Å². The number of hydrogen-bond donors (Lipinski definition) is 1. The first-order chi connectivity index (χ1) is 18.4. The number of carboxylic acids is 1. The van der Waals surface area contributed by atoms with Crippen LogP contribution in [-0.2, 0) is 4.79 Å². The second-order valence-electron chi connectivity index (χ2n) is 8.42. The number of benzene rings is 3. The number of aliphatic carboxylic acids is 1. The first-order valence-electron chi connectivity index (χ1n) is 11.2. The Kier molecular flexibility index (Phi) is 6.73. The molecule has 0 saturated carbocycles. The number of hydrogen-bond acceptors (Lipinski definition) is 6. The minimum Gasteiger partial charge on any atom is -0.479 e. The largest absolute Gasteiger partial charge is 0.573 e. The van der Waals surface area contributed by atoms with E-state index < -0.39 is 24.2 Å². The minimum absolute atomic E-state index is 0.0472. The topological polar surface area (TPSA) is 96.0 Å². The zero-order chi connectivity index (χ0) is 28.1. The molecule has 0 radical (unpaired) electrons. The van der Waals surface area contributed by atoms with Crippen LogP contribution in [0.4, 0.5) is 13.2 Å². The van der Waals surface area contributed by atoms with E-state index in [0.717, 1.165) is 0 Å². The van der Waals surface area contributed by atoms with Crippen molar-refractivity contribution in [2.45, 2.75) is 26.3 Å². The van der Waals surface area contributed by atoms with Gasteiger partial charge in [0.25, 0.3) is 0 Å². The van der Waals surface area contributed by atoms with Crippen molar-refractivity contribution in [2.24, 2.45) is 0 Å². The van der Waals surface area contributed by atoms with Crippen LogP contribution in [0.5, 0.6) is 23.0 Å². The quantitative estimate of drug-likeness (QED) is 0.209. The molecule has 202 valence electrons. The number of fused-ring (bicyclic) bond motifs is 2. The van der Waals surface area contributed by atoms with E-state index in [0.29, 0.717) is 33.0 Å². The lowest BCUT2D eigenvalue weighted by Crippen LogP contribution is -2.22. The number of alkyl halides is 3. The first kappa shape index (κ1) is 26.5. The second kappa shape index (κ2) is 9.90. The smallest absolute Gasteiger partial charge is 0.479 e. The molecule has 2 heterocycles. The first-order valence-corrected chi connectivity index (χ1v) is 12.0. The Morgan fingerprint density at radius 1 is 1.05 bits per heavy atom. The molecule has 1 atom stereocenters. The van der Waals surface area contributed by atoms with E-state index in [-0.39, 0.29) is 27.7 Å². The molecule has 2 aromatic heterocycles. The van der Waals surface area contributed by atoms with Gasteiger partial charge >= 0.3 is 12.3 Å². The lowest BCUT2D eigenvalue weighted by atomic mass is 10.2. The predicted molar refractivity (Wildman–Crippen MR) is 137 cm³/mol. The Morgan fingerprint density at radius 3 is 2.51 bits per heavy atom. The summed E-state index contributed by atoms with van der Waals surface area (Å²) in [4.78, 5) is 11.2. The third-order valence-corrected chi connectivity index (χ3v) is 6.30. The average Bonchev–Trinajstić information content (AvgIpc) is 3.37. The van der Waals surface area contributed by atoms with Gasteiger partial charge in [0.2, 0.25) is 0 Å². The average molecular weight is 581 g/mol. The van der Waals surface area contributed by atoms with Gasteiger partial charge < -0.3 is 23.8 Å². The molecule has 0 bridgehead atoms. The normalized spacial score (nSPS) is 12.6. The highest BCUT2D eigenvalue weighted by molar-refractivity contribution is 6.32. The monoisotopic (exact) mass is 580 g/mol. The zero-order valence-corrected chi connectivity index (χ0v) is 21.6. The van der Waals surface area contributed by atoms with Crippen molar-refractivity contribution in [2.75, 3.05) is 0 Å². The van der Waals surface area contributed by atoms with Crippen LogP contribution >= 0.6 is 23.2 Å². The summed E-state index contributed by atoms with van der Waals surface area (Å²) in [6.07, 6.45) is -6.10. The Labute approximate surface area is 228 Å². The summed E-state index contributed by atoms with van der Waals surface area (Å²) >= 11 is 12.2. The number of carboxylic acid groups (broad SMARTS) is 1. The van der Waals surface area contributed by atoms with Crippen LogP contribution < -0.4 is 14.2 Å². The van der Waals surface area contributed by atoms with Gasteiger partial charge in [0.05, 0.1) is 21.6 Å². The summed E-state index contributed by atoms with van der Waals surface area (Å²) in [5.74, 6) is -0.876. The van der Waals surface area contributed by atoms with Crippen molar-refractivity contribution in [3.05, 3.63) is 70.3 Å². The number of aromatic nitrogens is 2. The van der Waals surface area contributed by atoms with Gasteiger partial charge in [-0.15, -0.1) is 13.2 Å². The molecule has 0 aliphatic carbocycles. The number of halogens is 5. The Balaban J connectivity index is 1.66. The van der Waals surface area contributed by atoms with E-state index in [1.54, 1.807) is 29.7 Å². The van der Waals surface area contributed by atoms with Crippen molar-refractivity contribution < 1.29 is 41.8 Å². The molecular formula is C26H17Cl2F3N2O6. The van der Waals surface area contributed by atoms with Gasteiger partial charge in [-0.3, -0.25) is 4.57 Å². The Hall–Kier alpha value is -4.09. The lowest BCUT2D eigenvalue weighted by molar-refractivity contribution is -0.274. The van der Waals surface area contributed by atoms with Crippen LogP contribution in [0.2, 0.25) is 10.0 Å². The van der Waals surface area contributed by atoms with Gasteiger partial charge in [-0.2, -0.15) is 0 Å². The van der Waals surface area contributed by atoms with Gasteiger partial charge in [-0.25, -0.2) is 4.79 Å². The van der Waals surface area contributed by atoms with Gasteiger partial charge in [0.1, 0.15) is 17.2 Å². The highest BCUT2D eigenvalue weighted by Gasteiger charge is 2.32. The number of carbonyl (C=O) groups is 1. The molecule has 0 unspecified atom stereocenters. The number of nitrogens with zero attached hydrogens (tertiary/aromatic N) is 2. The van der Waals surface area contributed by atoms with Crippen LogP contribution in [0.25, 0.3) is 27.7 Å². The maximum atomic E-state index is 13.0. The Morgan fingerprint density at radius 2 is 1.79 bits per heavy atom. The SMILES string of the molecule is Cc1c(Oc2ccc(Cl)c(O[C@H](C)C(=O)O)c2)c2cc(OC(F)(F)F)ccc2n1-c1noc2cc(Cl)ccc12. The van der Waals surface area contributed by atoms with Crippen LogP contribution in [0.1, 0.15) is 12.6 Å². The van der Waals surface area contributed by atoms with Gasteiger partial charge in [-0.05, 0) is 56.3 Å². The van der Waals surface area contributed by atoms with E-state index in [9.17, 15) is 18.0 Å². The van der Waals surface area contributed by atoms with Gasteiger partial charge in [-0.1, -0.05) is 28.4 Å². The van der Waals surface area contributed by atoms with Crippen LogP contribution in [-0.4, -0.2) is 33.3 Å². The zero-order valence-electron chi connectivity index (χ0n) is 20.0. The summed E-state index contributed by atoms with van der Waals surface area (Å²) in [5, 5.41) is 14.8. The molecule has 3 aromatic carbocycles. The van der Waals surface area contributed by atoms with E-state index in [2.05, 4.69) is 9.89 Å². The molecule has 0 spiro atoms. The summed E-state index contributed by atoms with van der Waals surface area (Å²) in [6.45, 7) is 3.03. The second-order valence-corrected chi connectivity index (χ2v) is 9.26. The lowest BCUT2D eigenvalue weighted by Gasteiger charge is -2.14. The molecule has 0 amide bonds. The fourth-order valence-corrected chi connectivity index (χ4v) is 4.35. The summed E-state index contributed by atoms with van der Waals surface area (Å²) < 4.78 is 61.7. The number of ether oxygens (including phenoxy) is 3. The molecule has 13 heteroatoms. The summed E-state index contributed by atoms with van der Waals surface area (Å²) in [6, 6.07) is 13.1. The molecule has 8 nitrogen and oxygen atoms in total. The maximum absolute atomic E-state index is 13.0.